The van der Waals surface area contributed by atoms with E-state index in [0.29, 0.717) is 0 Å². The van der Waals surface area contributed by atoms with Gasteiger partial charge in [0.2, 0.25) is 0 Å². The second-order valence-electron chi connectivity index (χ2n) is 5.09. The highest BCUT2D eigenvalue weighted by atomic mass is 16.6. The lowest BCUT2D eigenvalue weighted by molar-refractivity contribution is -0.118. The van der Waals surface area contributed by atoms with Gasteiger partial charge in [-0.25, -0.2) is 0 Å². The number of fused-ring (bicyclic) bond motifs is 1. The lowest BCUT2D eigenvalue weighted by Gasteiger charge is -2.27. The summed E-state index contributed by atoms with van der Waals surface area (Å²) < 4.78 is 10.5. The van der Waals surface area contributed by atoms with Gasteiger partial charge in [0, 0.05) is 0 Å². The molecule has 2 heterocycles. The summed E-state index contributed by atoms with van der Waals surface area (Å²) in [4.78, 5) is 25.3. The molecule has 2 aliphatic rings. The minimum Gasteiger partial charge on any atom is -0.495 e. The van der Waals surface area contributed by atoms with E-state index < -0.39 is 42.8 Å². The third kappa shape index (κ3) is 1.92. The Labute approximate surface area is 125 Å². The number of rotatable bonds is 3. The molecule has 0 bridgehead atoms. The molecule has 0 unspecified atom stereocenters. The quantitative estimate of drug-likeness (QED) is 0.592. The summed E-state index contributed by atoms with van der Waals surface area (Å²) in [6.45, 7) is -0.524. The molecular formula is C14H15NO7. The second-order valence-corrected chi connectivity index (χ2v) is 5.09. The Morgan fingerprint density at radius 2 is 2.00 bits per heavy atom. The molecule has 1 aromatic rings. The summed E-state index contributed by atoms with van der Waals surface area (Å²) in [5, 5.41) is 29.0. The normalized spacial score (nSPS) is 30.8. The molecule has 2 aliphatic heterocycles. The first-order chi connectivity index (χ1) is 10.5. The molecular weight excluding hydrogens is 294 g/mol. The summed E-state index contributed by atoms with van der Waals surface area (Å²) in [7, 11) is 1.39. The largest absolute Gasteiger partial charge is 0.495 e. The molecule has 3 rings (SSSR count). The Hall–Kier alpha value is -2.00. The van der Waals surface area contributed by atoms with Gasteiger partial charge in [0.15, 0.2) is 6.23 Å². The van der Waals surface area contributed by atoms with Crippen molar-refractivity contribution in [1.82, 2.24) is 0 Å². The molecule has 8 heteroatoms. The summed E-state index contributed by atoms with van der Waals surface area (Å²) in [5.41, 5.74) is 0.330. The van der Waals surface area contributed by atoms with Gasteiger partial charge in [0.25, 0.3) is 5.78 Å². The van der Waals surface area contributed by atoms with Gasteiger partial charge >= 0.3 is 5.91 Å². The Morgan fingerprint density at radius 1 is 1.27 bits per heavy atom. The molecule has 118 valence electrons. The number of carbonyl (C=O) groups is 2. The zero-order chi connectivity index (χ0) is 16.0. The number of ketones is 1. The highest BCUT2D eigenvalue weighted by Gasteiger charge is 2.52. The van der Waals surface area contributed by atoms with E-state index in [1.807, 2.05) is 0 Å². The highest BCUT2D eigenvalue weighted by molar-refractivity contribution is 6.52. The van der Waals surface area contributed by atoms with Crippen LogP contribution in [0.2, 0.25) is 0 Å². The van der Waals surface area contributed by atoms with Gasteiger partial charge < -0.3 is 24.8 Å². The number of ether oxygens (including phenoxy) is 2. The minimum atomic E-state index is -1.45. The number of hydrogen-bond acceptors (Lipinski definition) is 7. The third-order valence-electron chi connectivity index (χ3n) is 3.89. The number of anilines is 1. The van der Waals surface area contributed by atoms with Crippen molar-refractivity contribution in [2.24, 2.45) is 0 Å². The van der Waals surface area contributed by atoms with Crippen LogP contribution >= 0.6 is 0 Å². The zero-order valence-electron chi connectivity index (χ0n) is 11.7. The number of Topliss-reactive ketones (excluding diaryl/α,β-unsaturated/α-hetero) is 1. The van der Waals surface area contributed by atoms with E-state index in [9.17, 15) is 19.8 Å². The summed E-state index contributed by atoms with van der Waals surface area (Å²) in [6.07, 6.45) is -5.13. The molecule has 4 atom stereocenters. The fourth-order valence-electron chi connectivity index (χ4n) is 2.78. The van der Waals surface area contributed by atoms with Gasteiger partial charge in [0.1, 0.15) is 29.7 Å². The van der Waals surface area contributed by atoms with Crippen molar-refractivity contribution in [2.45, 2.75) is 24.5 Å². The molecule has 1 saturated heterocycles. The van der Waals surface area contributed by atoms with Crippen molar-refractivity contribution in [3.05, 3.63) is 23.8 Å². The fourth-order valence-corrected chi connectivity index (χ4v) is 2.78. The van der Waals surface area contributed by atoms with Crippen molar-refractivity contribution in [3.63, 3.8) is 0 Å². The maximum atomic E-state index is 12.3. The molecule has 0 spiro atoms. The number of carbonyl (C=O) groups excluding carboxylic acids is 2. The molecule has 22 heavy (non-hydrogen) atoms. The van der Waals surface area contributed by atoms with Crippen molar-refractivity contribution >= 4 is 17.4 Å². The summed E-state index contributed by atoms with van der Waals surface area (Å²) >= 11 is 0. The van der Waals surface area contributed by atoms with E-state index in [1.54, 1.807) is 12.1 Å². The minimum absolute atomic E-state index is 0.141. The average Bonchev–Trinajstić information content (AvgIpc) is 2.95. The molecule has 0 aliphatic carbocycles. The number of para-hydroxylation sites is 1. The number of nitrogens with zero attached hydrogens (tertiary/aromatic N) is 1. The van der Waals surface area contributed by atoms with Crippen LogP contribution in [0.15, 0.2) is 18.2 Å². The molecule has 0 radical (unpaired) electrons. The monoisotopic (exact) mass is 309 g/mol. The van der Waals surface area contributed by atoms with Crippen molar-refractivity contribution in [3.8, 4) is 5.75 Å². The van der Waals surface area contributed by atoms with Crippen LogP contribution in [0.25, 0.3) is 0 Å². The molecule has 3 N–H and O–H groups in total. The van der Waals surface area contributed by atoms with Gasteiger partial charge in [-0.1, -0.05) is 6.07 Å². The summed E-state index contributed by atoms with van der Waals surface area (Å²) in [5.74, 6) is -1.35. The van der Waals surface area contributed by atoms with Crippen LogP contribution in [0, 0.1) is 0 Å². The first-order valence-corrected chi connectivity index (χ1v) is 6.68. The van der Waals surface area contributed by atoms with E-state index in [2.05, 4.69) is 0 Å². The number of aliphatic hydroxyl groups excluding tert-OH is 3. The lowest BCUT2D eigenvalue weighted by Crippen LogP contribution is -2.47. The Morgan fingerprint density at radius 3 is 2.59 bits per heavy atom. The van der Waals surface area contributed by atoms with E-state index in [1.165, 1.54) is 13.2 Å². The van der Waals surface area contributed by atoms with E-state index >= 15 is 0 Å². The van der Waals surface area contributed by atoms with Crippen molar-refractivity contribution < 1.29 is 34.4 Å². The van der Waals surface area contributed by atoms with Crippen LogP contribution in [0.1, 0.15) is 10.4 Å². The molecule has 1 aromatic carbocycles. The van der Waals surface area contributed by atoms with E-state index in [0.717, 1.165) is 4.90 Å². The Bertz CT molecular complexity index is 632. The molecule has 8 nitrogen and oxygen atoms in total. The smallest absolute Gasteiger partial charge is 0.301 e. The van der Waals surface area contributed by atoms with Gasteiger partial charge in [-0.2, -0.15) is 0 Å². The van der Waals surface area contributed by atoms with Crippen molar-refractivity contribution in [1.29, 1.82) is 0 Å². The van der Waals surface area contributed by atoms with Crippen LogP contribution in [-0.4, -0.2) is 65.3 Å². The first kappa shape index (κ1) is 14.9. The van der Waals surface area contributed by atoms with Crippen LogP contribution in [0.4, 0.5) is 5.69 Å². The third-order valence-corrected chi connectivity index (χ3v) is 3.89. The van der Waals surface area contributed by atoms with Crippen molar-refractivity contribution in [2.75, 3.05) is 18.6 Å². The number of benzene rings is 1. The standard InChI is InChI=1S/C14H15NO7/c1-21-7-4-2-3-6-9(7)15(13(20)10(6)17)14-12(19)11(18)8(5-16)22-14/h2-4,8,11-12,14,16,18-19H,5H2,1H3/t8-,11-,12-,14-/m1/s1. The average molecular weight is 309 g/mol. The molecule has 1 fully saturated rings. The van der Waals surface area contributed by atoms with Crippen LogP contribution in [0.5, 0.6) is 5.75 Å². The SMILES string of the molecule is COc1cccc2c1N([C@@H]1O[C@H](CO)[C@@H](O)[C@H]1O)C(=O)C2=O. The Kier molecular flexibility index (Phi) is 3.61. The predicted octanol–water partition coefficient (Wildman–Crippen LogP) is -1.34. The van der Waals surface area contributed by atoms with E-state index in [4.69, 9.17) is 14.6 Å². The number of hydrogen-bond donors (Lipinski definition) is 3. The van der Waals surface area contributed by atoms with Gasteiger partial charge in [-0.05, 0) is 12.1 Å². The fraction of sp³-hybridized carbons (Fsp3) is 0.429. The zero-order valence-corrected chi connectivity index (χ0v) is 11.7. The second kappa shape index (κ2) is 5.33. The van der Waals surface area contributed by atoms with Crippen LogP contribution in [-0.2, 0) is 9.53 Å². The molecule has 0 aromatic heterocycles. The summed E-state index contributed by atoms with van der Waals surface area (Å²) in [6, 6.07) is 4.61. The lowest BCUT2D eigenvalue weighted by atomic mass is 10.1. The number of methoxy groups -OCH3 is 1. The van der Waals surface area contributed by atoms with Crippen LogP contribution in [0.3, 0.4) is 0 Å². The van der Waals surface area contributed by atoms with Crippen LogP contribution < -0.4 is 9.64 Å². The number of aliphatic hydroxyl groups is 3. The maximum absolute atomic E-state index is 12.3. The molecule has 1 amide bonds. The highest BCUT2D eigenvalue weighted by Crippen LogP contribution is 2.41. The van der Waals surface area contributed by atoms with E-state index in [-0.39, 0.29) is 17.0 Å². The number of amides is 1. The van der Waals surface area contributed by atoms with Gasteiger partial charge in [-0.3, -0.25) is 14.5 Å². The topological polar surface area (TPSA) is 117 Å². The first-order valence-electron chi connectivity index (χ1n) is 6.68. The van der Waals surface area contributed by atoms with Gasteiger partial charge in [-0.15, -0.1) is 0 Å². The maximum Gasteiger partial charge on any atom is 0.301 e. The Balaban J connectivity index is 2.06. The molecule has 0 saturated carbocycles. The van der Waals surface area contributed by atoms with Gasteiger partial charge in [0.05, 0.1) is 19.3 Å². The predicted molar refractivity (Wildman–Crippen MR) is 72.6 cm³/mol.